The average molecular weight is 381 g/mol. The minimum Gasteiger partial charge on any atom is -0.481 e. The molecule has 7 atom stereocenters. The highest BCUT2D eigenvalue weighted by atomic mass is 16.5. The Morgan fingerprint density at radius 3 is 2.26 bits per heavy atom. The molecule has 156 valence electrons. The molecule has 0 aromatic rings. The predicted octanol–water partition coefficient (Wildman–Crippen LogP) is 5.54. The second-order valence-corrected chi connectivity index (χ2v) is 10.7. The molecule has 2 aliphatic carbocycles. The van der Waals surface area contributed by atoms with Crippen molar-refractivity contribution in [3.63, 3.8) is 0 Å². The zero-order valence-electron chi connectivity index (χ0n) is 18.2. The molecule has 0 bridgehead atoms. The van der Waals surface area contributed by atoms with Gasteiger partial charge < -0.3 is 9.84 Å². The van der Waals surface area contributed by atoms with E-state index in [4.69, 9.17) is 4.74 Å². The monoisotopic (exact) mass is 380 g/mol. The number of aliphatic carboxylic acids is 1. The minimum absolute atomic E-state index is 0.0318. The van der Waals surface area contributed by atoms with Crippen molar-refractivity contribution in [3.8, 4) is 0 Å². The summed E-state index contributed by atoms with van der Waals surface area (Å²) in [5.74, 6) is -0.535. The summed E-state index contributed by atoms with van der Waals surface area (Å²) >= 11 is 0. The molecule has 2 rings (SSSR count). The van der Waals surface area contributed by atoms with E-state index < -0.39 is 17.8 Å². The highest BCUT2D eigenvalue weighted by Crippen LogP contribution is 2.41. The summed E-state index contributed by atoms with van der Waals surface area (Å²) in [5.41, 5.74) is 0.0692. The van der Waals surface area contributed by atoms with Gasteiger partial charge in [0.15, 0.2) is 0 Å². The number of carboxylic acid groups (broad SMARTS) is 1. The van der Waals surface area contributed by atoms with E-state index in [0.717, 1.165) is 31.6 Å². The van der Waals surface area contributed by atoms with Crippen molar-refractivity contribution in [1.82, 2.24) is 0 Å². The van der Waals surface area contributed by atoms with Crippen LogP contribution in [-0.2, 0) is 14.3 Å². The molecule has 2 fully saturated rings. The van der Waals surface area contributed by atoms with Crippen LogP contribution in [-0.4, -0.2) is 23.1 Å². The number of carbonyl (C=O) groups is 2. The molecule has 4 heteroatoms. The highest BCUT2D eigenvalue weighted by molar-refractivity contribution is 5.81. The van der Waals surface area contributed by atoms with E-state index in [-0.39, 0.29) is 23.4 Å². The molecular weight excluding hydrogens is 340 g/mol. The first-order valence-corrected chi connectivity index (χ1v) is 10.9. The van der Waals surface area contributed by atoms with Gasteiger partial charge in [-0.3, -0.25) is 9.59 Å². The van der Waals surface area contributed by atoms with Crippen LogP contribution >= 0.6 is 0 Å². The van der Waals surface area contributed by atoms with Crippen molar-refractivity contribution in [2.24, 2.45) is 40.9 Å². The summed E-state index contributed by atoms with van der Waals surface area (Å²) < 4.78 is 6.14. The Morgan fingerprint density at radius 2 is 1.70 bits per heavy atom. The fourth-order valence-corrected chi connectivity index (χ4v) is 5.46. The molecule has 0 heterocycles. The first-order chi connectivity index (χ1) is 12.5. The molecular formula is C23H40O4. The van der Waals surface area contributed by atoms with Gasteiger partial charge in [0.05, 0.1) is 11.8 Å². The van der Waals surface area contributed by atoms with E-state index in [9.17, 15) is 14.7 Å². The Morgan fingerprint density at radius 1 is 1.04 bits per heavy atom. The van der Waals surface area contributed by atoms with Gasteiger partial charge in [-0.25, -0.2) is 0 Å². The van der Waals surface area contributed by atoms with E-state index in [1.165, 1.54) is 12.8 Å². The lowest BCUT2D eigenvalue weighted by Gasteiger charge is -2.41. The molecule has 0 spiro atoms. The van der Waals surface area contributed by atoms with Gasteiger partial charge in [-0.1, -0.05) is 54.4 Å². The first-order valence-electron chi connectivity index (χ1n) is 10.9. The summed E-state index contributed by atoms with van der Waals surface area (Å²) in [6, 6.07) is 0. The molecule has 0 saturated heterocycles. The van der Waals surface area contributed by atoms with Crippen LogP contribution in [0, 0.1) is 40.9 Å². The first kappa shape index (κ1) is 22.2. The maximum Gasteiger partial charge on any atom is 0.310 e. The van der Waals surface area contributed by atoms with Gasteiger partial charge in [-0.05, 0) is 61.2 Å². The molecule has 0 aromatic carbocycles. The molecule has 0 aromatic heterocycles. The topological polar surface area (TPSA) is 63.6 Å². The number of ether oxygens (including phenoxy) is 1. The van der Waals surface area contributed by atoms with Crippen LogP contribution in [0.5, 0.6) is 0 Å². The van der Waals surface area contributed by atoms with Gasteiger partial charge in [0.2, 0.25) is 0 Å². The Labute approximate surface area is 165 Å². The van der Waals surface area contributed by atoms with Crippen molar-refractivity contribution in [1.29, 1.82) is 0 Å². The normalized spacial score (nSPS) is 36.1. The van der Waals surface area contributed by atoms with Gasteiger partial charge in [0.1, 0.15) is 6.10 Å². The second kappa shape index (κ2) is 8.96. The molecule has 2 aliphatic rings. The number of hydrogen-bond acceptors (Lipinski definition) is 3. The zero-order chi connectivity index (χ0) is 20.4. The third-order valence-electron chi connectivity index (χ3n) is 6.87. The average Bonchev–Trinajstić information content (AvgIpc) is 2.52. The number of carboxylic acids is 1. The van der Waals surface area contributed by atoms with E-state index in [1.807, 2.05) is 6.92 Å². The van der Waals surface area contributed by atoms with Gasteiger partial charge in [-0.15, -0.1) is 0 Å². The number of hydrogen-bond donors (Lipinski definition) is 1. The molecule has 1 N–H and O–H groups in total. The second-order valence-electron chi connectivity index (χ2n) is 10.7. The Bertz CT molecular complexity index is 521. The Balaban J connectivity index is 2.16. The summed E-state index contributed by atoms with van der Waals surface area (Å²) in [7, 11) is 0. The third-order valence-corrected chi connectivity index (χ3v) is 6.87. The van der Waals surface area contributed by atoms with Crippen LogP contribution in [0.15, 0.2) is 0 Å². The van der Waals surface area contributed by atoms with Crippen molar-refractivity contribution in [2.45, 2.75) is 92.6 Å². The van der Waals surface area contributed by atoms with Gasteiger partial charge in [0, 0.05) is 0 Å². The quantitative estimate of drug-likeness (QED) is 0.636. The van der Waals surface area contributed by atoms with E-state index in [2.05, 4.69) is 34.6 Å². The smallest absolute Gasteiger partial charge is 0.310 e. The zero-order valence-corrected chi connectivity index (χ0v) is 18.2. The van der Waals surface area contributed by atoms with Crippen LogP contribution in [0.25, 0.3) is 0 Å². The maximum atomic E-state index is 13.1. The standard InChI is InChI=1S/C23H40O4/c1-14-10-11-17(16(3)12-14)19(13-23(4,5)6)27-22(26)18-9-7-8-15(2)20(18)21(24)25/h14-20H,7-13H2,1-6H3,(H,24,25). The number of esters is 1. The lowest BCUT2D eigenvalue weighted by molar-refractivity contribution is -0.171. The SMILES string of the molecule is CC1CCC(C(CC(C)(C)C)OC(=O)C2CCCC(C)C2C(=O)O)C(C)C1. The summed E-state index contributed by atoms with van der Waals surface area (Å²) in [4.78, 5) is 24.9. The molecule has 0 amide bonds. The molecule has 4 nitrogen and oxygen atoms in total. The summed E-state index contributed by atoms with van der Waals surface area (Å²) in [6.07, 6.45) is 6.62. The minimum atomic E-state index is -0.851. The van der Waals surface area contributed by atoms with Crippen LogP contribution in [0.2, 0.25) is 0 Å². The van der Waals surface area contributed by atoms with Crippen LogP contribution in [0.4, 0.5) is 0 Å². The summed E-state index contributed by atoms with van der Waals surface area (Å²) in [6.45, 7) is 13.1. The Kier molecular flexibility index (Phi) is 7.38. The van der Waals surface area contributed by atoms with E-state index in [0.29, 0.717) is 18.3 Å². The molecule has 27 heavy (non-hydrogen) atoms. The Hall–Kier alpha value is -1.06. The van der Waals surface area contributed by atoms with Crippen molar-refractivity contribution >= 4 is 11.9 Å². The summed E-state index contributed by atoms with van der Waals surface area (Å²) in [5, 5.41) is 9.66. The third kappa shape index (κ3) is 5.96. The fraction of sp³-hybridized carbons (Fsp3) is 0.913. The predicted molar refractivity (Wildman–Crippen MR) is 107 cm³/mol. The van der Waals surface area contributed by atoms with Crippen LogP contribution < -0.4 is 0 Å². The van der Waals surface area contributed by atoms with Crippen molar-refractivity contribution < 1.29 is 19.4 Å². The lowest BCUT2D eigenvalue weighted by Crippen LogP contribution is -2.43. The van der Waals surface area contributed by atoms with Gasteiger partial charge >= 0.3 is 11.9 Å². The van der Waals surface area contributed by atoms with Gasteiger partial charge in [-0.2, -0.15) is 0 Å². The molecule has 7 unspecified atom stereocenters. The van der Waals surface area contributed by atoms with Gasteiger partial charge in [0.25, 0.3) is 0 Å². The lowest BCUT2D eigenvalue weighted by atomic mass is 9.70. The van der Waals surface area contributed by atoms with Crippen LogP contribution in [0.1, 0.15) is 86.5 Å². The fourth-order valence-electron chi connectivity index (χ4n) is 5.46. The largest absolute Gasteiger partial charge is 0.481 e. The highest BCUT2D eigenvalue weighted by Gasteiger charge is 2.43. The number of carbonyl (C=O) groups excluding carboxylic acids is 1. The van der Waals surface area contributed by atoms with E-state index >= 15 is 0 Å². The molecule has 2 saturated carbocycles. The van der Waals surface area contributed by atoms with Crippen molar-refractivity contribution in [2.75, 3.05) is 0 Å². The molecule has 0 aliphatic heterocycles. The van der Waals surface area contributed by atoms with E-state index in [1.54, 1.807) is 0 Å². The number of rotatable bonds is 5. The van der Waals surface area contributed by atoms with Crippen LogP contribution in [0.3, 0.4) is 0 Å². The molecule has 0 radical (unpaired) electrons. The maximum absolute atomic E-state index is 13.1. The van der Waals surface area contributed by atoms with Crippen molar-refractivity contribution in [3.05, 3.63) is 0 Å².